The molecular weight excluding hydrogens is 168 g/mol. The number of Topliss-reactive ketones (excluding diaryl/α,β-unsaturated/α-hetero) is 1. The lowest BCUT2D eigenvalue weighted by Crippen LogP contribution is -2.43. The summed E-state index contributed by atoms with van der Waals surface area (Å²) in [6.07, 6.45) is -5.21. The van der Waals surface area contributed by atoms with Gasteiger partial charge in [-0.15, -0.1) is 0 Å². The highest BCUT2D eigenvalue weighted by atomic mass is 16.4. The predicted molar refractivity (Wildman–Crippen MR) is 37.2 cm³/mol. The minimum Gasteiger partial charge on any atom is -0.394 e. The molecule has 0 aromatic heterocycles. The molecule has 0 spiro atoms. The Morgan fingerprint density at radius 1 is 1.08 bits per heavy atom. The summed E-state index contributed by atoms with van der Waals surface area (Å²) < 4.78 is 0. The van der Waals surface area contributed by atoms with Gasteiger partial charge in [-0.2, -0.15) is 0 Å². The van der Waals surface area contributed by atoms with Crippen LogP contribution in [0.3, 0.4) is 0 Å². The first-order valence-electron chi connectivity index (χ1n) is 3.34. The van der Waals surface area contributed by atoms with E-state index in [0.29, 0.717) is 0 Å². The third-order valence-electron chi connectivity index (χ3n) is 1.34. The summed E-state index contributed by atoms with van der Waals surface area (Å²) in [6.45, 7) is -1.61. The summed E-state index contributed by atoms with van der Waals surface area (Å²) >= 11 is 0. The number of ketones is 1. The van der Waals surface area contributed by atoms with Gasteiger partial charge in [0.25, 0.3) is 0 Å². The molecule has 6 heteroatoms. The van der Waals surface area contributed by atoms with Gasteiger partial charge in [0.05, 0.1) is 13.2 Å². The zero-order valence-electron chi connectivity index (χ0n) is 6.29. The van der Waals surface area contributed by atoms with Crippen LogP contribution in [0.2, 0.25) is 0 Å². The average Bonchev–Trinajstić information content (AvgIpc) is 2.12. The standard InChI is InChI=1S/C6H12O6/c7-1-3(9)5(11)6(12)4(10)2-8/h3-5,7-11H,1-2H2/t3-,4?,5+/m0/s1. The van der Waals surface area contributed by atoms with Crippen LogP contribution in [0.5, 0.6) is 0 Å². The molecule has 0 saturated heterocycles. The maximum Gasteiger partial charge on any atom is 0.194 e. The van der Waals surface area contributed by atoms with Crippen LogP contribution in [0.1, 0.15) is 0 Å². The molecule has 0 amide bonds. The van der Waals surface area contributed by atoms with Gasteiger partial charge in [0.2, 0.25) is 0 Å². The lowest BCUT2D eigenvalue weighted by Gasteiger charge is -2.16. The highest BCUT2D eigenvalue weighted by molar-refractivity contribution is 5.87. The summed E-state index contributed by atoms with van der Waals surface area (Å²) in [4.78, 5) is 10.7. The van der Waals surface area contributed by atoms with Crippen LogP contribution in [-0.4, -0.2) is 62.8 Å². The van der Waals surface area contributed by atoms with Crippen LogP contribution in [0.15, 0.2) is 0 Å². The quantitative estimate of drug-likeness (QED) is 0.301. The summed E-state index contributed by atoms with van der Waals surface area (Å²) in [6, 6.07) is 0. The summed E-state index contributed by atoms with van der Waals surface area (Å²) in [5.41, 5.74) is 0. The first kappa shape index (κ1) is 11.5. The minimum atomic E-state index is -1.86. The highest BCUT2D eigenvalue weighted by Gasteiger charge is 2.28. The lowest BCUT2D eigenvalue weighted by atomic mass is 10.1. The SMILES string of the molecule is O=C(C(O)CO)[C@H](O)[C@@H](O)CO. The van der Waals surface area contributed by atoms with Crippen molar-refractivity contribution < 1.29 is 30.3 Å². The molecule has 0 aliphatic carbocycles. The van der Waals surface area contributed by atoms with E-state index in [0.717, 1.165) is 0 Å². The Bertz CT molecular complexity index is 147. The van der Waals surface area contributed by atoms with Crippen LogP contribution in [0.4, 0.5) is 0 Å². The summed E-state index contributed by atoms with van der Waals surface area (Å²) in [7, 11) is 0. The fourth-order valence-corrected chi connectivity index (χ4v) is 0.577. The van der Waals surface area contributed by atoms with Crippen molar-refractivity contribution in [3.63, 3.8) is 0 Å². The molecule has 0 heterocycles. The molecule has 0 saturated carbocycles. The van der Waals surface area contributed by atoms with Gasteiger partial charge in [-0.05, 0) is 0 Å². The number of hydrogen-bond donors (Lipinski definition) is 5. The van der Waals surface area contributed by atoms with E-state index in [1.807, 2.05) is 0 Å². The van der Waals surface area contributed by atoms with Crippen molar-refractivity contribution in [3.05, 3.63) is 0 Å². The number of aliphatic hydroxyl groups excluding tert-OH is 5. The van der Waals surface area contributed by atoms with Crippen LogP contribution in [-0.2, 0) is 4.79 Å². The molecule has 0 aliphatic heterocycles. The first-order chi connectivity index (χ1) is 5.54. The Kier molecular flexibility index (Phi) is 4.95. The van der Waals surface area contributed by atoms with Crippen molar-refractivity contribution in [2.75, 3.05) is 13.2 Å². The molecule has 1 unspecified atom stereocenters. The van der Waals surface area contributed by atoms with E-state index in [1.54, 1.807) is 0 Å². The zero-order chi connectivity index (χ0) is 9.72. The summed E-state index contributed by atoms with van der Waals surface area (Å²) in [5, 5.41) is 42.9. The second-order valence-corrected chi connectivity index (χ2v) is 2.30. The van der Waals surface area contributed by atoms with Gasteiger partial charge in [0, 0.05) is 0 Å². The molecule has 3 atom stereocenters. The second kappa shape index (κ2) is 5.18. The third-order valence-corrected chi connectivity index (χ3v) is 1.34. The molecular formula is C6H12O6. The number of hydrogen-bond acceptors (Lipinski definition) is 6. The molecule has 0 radical (unpaired) electrons. The van der Waals surface area contributed by atoms with Gasteiger partial charge in [0.15, 0.2) is 5.78 Å². The van der Waals surface area contributed by atoms with E-state index < -0.39 is 37.3 Å². The Labute approximate surface area is 68.7 Å². The molecule has 5 N–H and O–H groups in total. The molecule has 0 bridgehead atoms. The van der Waals surface area contributed by atoms with E-state index in [-0.39, 0.29) is 0 Å². The smallest absolute Gasteiger partial charge is 0.194 e. The van der Waals surface area contributed by atoms with Crippen molar-refractivity contribution >= 4 is 5.78 Å². The Hall–Kier alpha value is -0.530. The largest absolute Gasteiger partial charge is 0.394 e. The van der Waals surface area contributed by atoms with E-state index in [2.05, 4.69) is 0 Å². The summed E-state index contributed by atoms with van der Waals surface area (Å²) in [5.74, 6) is -1.11. The van der Waals surface area contributed by atoms with Gasteiger partial charge in [-0.3, -0.25) is 4.79 Å². The molecule has 12 heavy (non-hydrogen) atoms. The molecule has 0 aromatic rings. The fourth-order valence-electron chi connectivity index (χ4n) is 0.577. The number of carbonyl (C=O) groups is 1. The maximum atomic E-state index is 10.7. The van der Waals surface area contributed by atoms with E-state index in [4.69, 9.17) is 25.5 Å². The lowest BCUT2D eigenvalue weighted by molar-refractivity contribution is -0.144. The van der Waals surface area contributed by atoms with Gasteiger partial charge < -0.3 is 25.5 Å². The maximum absolute atomic E-state index is 10.7. The second-order valence-electron chi connectivity index (χ2n) is 2.30. The molecule has 0 aromatic carbocycles. The van der Waals surface area contributed by atoms with Gasteiger partial charge >= 0.3 is 0 Å². The van der Waals surface area contributed by atoms with E-state index >= 15 is 0 Å². The van der Waals surface area contributed by atoms with E-state index in [9.17, 15) is 4.79 Å². The fraction of sp³-hybridized carbons (Fsp3) is 0.833. The monoisotopic (exact) mass is 180 g/mol. The zero-order valence-corrected chi connectivity index (χ0v) is 6.29. The van der Waals surface area contributed by atoms with Gasteiger partial charge in [-0.25, -0.2) is 0 Å². The number of aliphatic hydroxyl groups is 5. The van der Waals surface area contributed by atoms with Crippen LogP contribution in [0.25, 0.3) is 0 Å². The molecule has 72 valence electrons. The van der Waals surface area contributed by atoms with Crippen LogP contribution < -0.4 is 0 Å². The average molecular weight is 180 g/mol. The molecule has 0 rings (SSSR count). The van der Waals surface area contributed by atoms with Crippen molar-refractivity contribution in [1.82, 2.24) is 0 Å². The van der Waals surface area contributed by atoms with Crippen molar-refractivity contribution in [2.45, 2.75) is 18.3 Å². The predicted octanol–water partition coefficient (Wildman–Crippen LogP) is -3.38. The number of rotatable bonds is 5. The third kappa shape index (κ3) is 2.84. The normalized spacial score (nSPS) is 18.4. The topological polar surface area (TPSA) is 118 Å². The number of carbonyl (C=O) groups excluding carboxylic acids is 1. The Morgan fingerprint density at radius 3 is 1.92 bits per heavy atom. The molecule has 6 nitrogen and oxygen atoms in total. The molecule has 0 fully saturated rings. The Morgan fingerprint density at radius 2 is 1.58 bits per heavy atom. The molecule has 0 aliphatic rings. The first-order valence-corrected chi connectivity index (χ1v) is 3.34. The van der Waals surface area contributed by atoms with E-state index in [1.165, 1.54) is 0 Å². The Balaban J connectivity index is 4.09. The van der Waals surface area contributed by atoms with Gasteiger partial charge in [-0.1, -0.05) is 0 Å². The minimum absolute atomic E-state index is 0.787. The van der Waals surface area contributed by atoms with Crippen molar-refractivity contribution in [3.8, 4) is 0 Å². The van der Waals surface area contributed by atoms with Crippen LogP contribution in [0, 0.1) is 0 Å². The van der Waals surface area contributed by atoms with Gasteiger partial charge in [0.1, 0.15) is 18.3 Å². The van der Waals surface area contributed by atoms with Crippen LogP contribution >= 0.6 is 0 Å². The van der Waals surface area contributed by atoms with Crippen molar-refractivity contribution in [2.24, 2.45) is 0 Å². The van der Waals surface area contributed by atoms with Crippen molar-refractivity contribution in [1.29, 1.82) is 0 Å². The highest BCUT2D eigenvalue weighted by Crippen LogP contribution is 1.98.